The highest BCUT2D eigenvalue weighted by atomic mass is 35.5. The number of furan rings is 1. The van der Waals surface area contributed by atoms with E-state index in [1.54, 1.807) is 24.1 Å². The molecule has 78 valence electrons. The quantitative estimate of drug-likeness (QED) is 0.823. The number of thioether (sulfide) groups is 1. The van der Waals surface area contributed by atoms with Crippen molar-refractivity contribution in [3.05, 3.63) is 47.1 Å². The number of nitrogens with zero attached hydrogens (tertiary/aromatic N) is 2. The van der Waals surface area contributed by atoms with Crippen LogP contribution in [0.4, 0.5) is 0 Å². The van der Waals surface area contributed by atoms with Gasteiger partial charge in [0.1, 0.15) is 5.76 Å². The zero-order chi connectivity index (χ0) is 10.5. The highest BCUT2D eigenvalue weighted by Gasteiger charge is 1.99. The number of aromatic nitrogens is 2. The third kappa shape index (κ3) is 3.25. The zero-order valence-corrected chi connectivity index (χ0v) is 9.46. The van der Waals surface area contributed by atoms with Gasteiger partial charge in [0.05, 0.1) is 17.7 Å². The van der Waals surface area contributed by atoms with Crippen molar-refractivity contribution in [1.29, 1.82) is 0 Å². The fourth-order valence-electron chi connectivity index (χ4n) is 1.07. The van der Waals surface area contributed by atoms with Gasteiger partial charge in [-0.05, 0) is 24.3 Å². The van der Waals surface area contributed by atoms with Crippen molar-refractivity contribution >= 4 is 23.4 Å². The van der Waals surface area contributed by atoms with Gasteiger partial charge in [-0.1, -0.05) is 11.6 Å². The second-order valence-electron chi connectivity index (χ2n) is 2.92. The molecule has 0 unspecified atom stereocenters. The van der Waals surface area contributed by atoms with Crippen molar-refractivity contribution in [2.45, 2.75) is 11.5 Å². The van der Waals surface area contributed by atoms with Gasteiger partial charge in [-0.25, -0.2) is 0 Å². The Labute approximate surface area is 96.8 Å². The third-order valence-corrected chi connectivity index (χ3v) is 2.95. The average Bonchev–Trinajstić information content (AvgIpc) is 2.74. The van der Waals surface area contributed by atoms with Crippen molar-refractivity contribution in [2.24, 2.45) is 0 Å². The molecule has 0 spiro atoms. The lowest BCUT2D eigenvalue weighted by atomic mass is 10.4. The van der Waals surface area contributed by atoms with Gasteiger partial charge in [-0.3, -0.25) is 0 Å². The molecule has 3 nitrogen and oxygen atoms in total. The topological polar surface area (TPSA) is 38.9 Å². The lowest BCUT2D eigenvalue weighted by Gasteiger charge is -1.98. The lowest BCUT2D eigenvalue weighted by Crippen LogP contribution is -1.90. The molecule has 0 aromatic carbocycles. The summed E-state index contributed by atoms with van der Waals surface area (Å²) in [6, 6.07) is 7.47. The molecule has 0 fully saturated rings. The minimum Gasteiger partial charge on any atom is -0.468 e. The van der Waals surface area contributed by atoms with E-state index in [2.05, 4.69) is 10.2 Å². The molecular weight excluding hydrogens is 232 g/mol. The van der Waals surface area contributed by atoms with Crippen LogP contribution in [0.3, 0.4) is 0 Å². The van der Waals surface area contributed by atoms with E-state index < -0.39 is 0 Å². The van der Waals surface area contributed by atoms with Gasteiger partial charge in [0, 0.05) is 5.75 Å². The molecule has 0 saturated carbocycles. The SMILES string of the molecule is Clc1ccc(CSCc2ccco2)nn1. The summed E-state index contributed by atoms with van der Waals surface area (Å²) >= 11 is 7.36. The largest absolute Gasteiger partial charge is 0.468 e. The molecule has 0 bridgehead atoms. The number of hydrogen-bond donors (Lipinski definition) is 0. The van der Waals surface area contributed by atoms with Gasteiger partial charge in [-0.2, -0.15) is 5.10 Å². The molecule has 0 aliphatic heterocycles. The highest BCUT2D eigenvalue weighted by molar-refractivity contribution is 7.97. The molecule has 0 saturated heterocycles. The molecule has 2 aromatic rings. The van der Waals surface area contributed by atoms with Crippen molar-refractivity contribution in [3.8, 4) is 0 Å². The van der Waals surface area contributed by atoms with Crippen molar-refractivity contribution in [1.82, 2.24) is 10.2 Å². The summed E-state index contributed by atoms with van der Waals surface area (Å²) in [5, 5.41) is 8.16. The Bertz CT molecular complexity index is 402. The van der Waals surface area contributed by atoms with Crippen LogP contribution in [0, 0.1) is 0 Å². The fourth-order valence-corrected chi connectivity index (χ4v) is 2.00. The first-order chi connectivity index (χ1) is 7.34. The molecule has 2 rings (SSSR count). The molecule has 2 heterocycles. The summed E-state index contributed by atoms with van der Waals surface area (Å²) in [5.74, 6) is 2.63. The standard InChI is InChI=1S/C10H9ClN2OS/c11-10-4-3-8(12-13-10)6-15-7-9-2-1-5-14-9/h1-5H,6-7H2. The Morgan fingerprint density at radius 2 is 2.13 bits per heavy atom. The van der Waals surface area contributed by atoms with Crippen LogP contribution < -0.4 is 0 Å². The van der Waals surface area contributed by atoms with E-state index in [0.717, 1.165) is 23.0 Å². The minimum absolute atomic E-state index is 0.426. The zero-order valence-electron chi connectivity index (χ0n) is 7.89. The molecule has 0 N–H and O–H groups in total. The van der Waals surface area contributed by atoms with E-state index in [-0.39, 0.29) is 0 Å². The van der Waals surface area contributed by atoms with Crippen molar-refractivity contribution < 1.29 is 4.42 Å². The maximum absolute atomic E-state index is 5.63. The summed E-state index contributed by atoms with van der Waals surface area (Å²) < 4.78 is 5.21. The van der Waals surface area contributed by atoms with Crippen molar-refractivity contribution in [3.63, 3.8) is 0 Å². The lowest BCUT2D eigenvalue weighted by molar-refractivity contribution is 0.530. The van der Waals surface area contributed by atoms with E-state index in [4.69, 9.17) is 16.0 Å². The van der Waals surface area contributed by atoms with E-state index >= 15 is 0 Å². The van der Waals surface area contributed by atoms with E-state index in [0.29, 0.717) is 5.15 Å². The summed E-state index contributed by atoms with van der Waals surface area (Å²) in [4.78, 5) is 0. The van der Waals surface area contributed by atoms with E-state index in [1.165, 1.54) is 0 Å². The number of rotatable bonds is 4. The van der Waals surface area contributed by atoms with Gasteiger partial charge >= 0.3 is 0 Å². The van der Waals surface area contributed by atoms with E-state index in [1.807, 2.05) is 18.2 Å². The molecule has 5 heteroatoms. The number of hydrogen-bond acceptors (Lipinski definition) is 4. The second-order valence-corrected chi connectivity index (χ2v) is 4.29. The van der Waals surface area contributed by atoms with Crippen LogP contribution in [0.5, 0.6) is 0 Å². The summed E-state index contributed by atoms with van der Waals surface area (Å²) in [5.41, 5.74) is 0.927. The molecule has 0 radical (unpaired) electrons. The summed E-state index contributed by atoms with van der Waals surface area (Å²) in [6.45, 7) is 0. The Kier molecular flexibility index (Phi) is 3.64. The maximum Gasteiger partial charge on any atom is 0.151 e. The van der Waals surface area contributed by atoms with Gasteiger partial charge in [0.15, 0.2) is 5.15 Å². The average molecular weight is 241 g/mol. The normalized spacial score (nSPS) is 10.5. The van der Waals surface area contributed by atoms with Crippen LogP contribution in [0.1, 0.15) is 11.5 Å². The Balaban J connectivity index is 1.81. The van der Waals surface area contributed by atoms with Gasteiger partial charge < -0.3 is 4.42 Å². The molecule has 2 aromatic heterocycles. The third-order valence-electron chi connectivity index (χ3n) is 1.76. The van der Waals surface area contributed by atoms with Gasteiger partial charge in [-0.15, -0.1) is 16.9 Å². The Morgan fingerprint density at radius 1 is 1.20 bits per heavy atom. The van der Waals surface area contributed by atoms with Crippen LogP contribution in [-0.2, 0) is 11.5 Å². The van der Waals surface area contributed by atoms with Crippen molar-refractivity contribution in [2.75, 3.05) is 0 Å². The van der Waals surface area contributed by atoms with Crippen LogP contribution in [0.25, 0.3) is 0 Å². The predicted octanol–water partition coefficient (Wildman–Crippen LogP) is 3.16. The van der Waals surface area contributed by atoms with Gasteiger partial charge in [0.2, 0.25) is 0 Å². The van der Waals surface area contributed by atoms with Gasteiger partial charge in [0.25, 0.3) is 0 Å². The minimum atomic E-state index is 0.426. The first-order valence-corrected chi connectivity index (χ1v) is 5.96. The van der Waals surface area contributed by atoms with Crippen LogP contribution in [0.15, 0.2) is 34.9 Å². The van der Waals surface area contributed by atoms with E-state index in [9.17, 15) is 0 Å². The Morgan fingerprint density at radius 3 is 2.80 bits per heavy atom. The Hall–Kier alpha value is -1.00. The smallest absolute Gasteiger partial charge is 0.151 e. The van der Waals surface area contributed by atoms with Crippen LogP contribution in [-0.4, -0.2) is 10.2 Å². The molecule has 0 amide bonds. The number of halogens is 1. The second kappa shape index (κ2) is 5.19. The summed E-state index contributed by atoms with van der Waals surface area (Å²) in [6.07, 6.45) is 1.68. The molecular formula is C10H9ClN2OS. The first-order valence-electron chi connectivity index (χ1n) is 4.43. The molecule has 0 atom stereocenters. The first kappa shape index (κ1) is 10.5. The van der Waals surface area contributed by atoms with Crippen LogP contribution >= 0.6 is 23.4 Å². The summed E-state index contributed by atoms with van der Waals surface area (Å²) in [7, 11) is 0. The van der Waals surface area contributed by atoms with Crippen LogP contribution in [0.2, 0.25) is 5.15 Å². The predicted molar refractivity (Wildman–Crippen MR) is 60.7 cm³/mol. The molecule has 0 aliphatic carbocycles. The monoisotopic (exact) mass is 240 g/mol. The highest BCUT2D eigenvalue weighted by Crippen LogP contribution is 2.16. The molecule has 15 heavy (non-hydrogen) atoms. The molecule has 0 aliphatic rings. The maximum atomic E-state index is 5.63. The fraction of sp³-hybridized carbons (Fsp3) is 0.200.